The van der Waals surface area contributed by atoms with Gasteiger partial charge in [-0.1, -0.05) is 54.6 Å². The minimum absolute atomic E-state index is 0.111. The fraction of sp³-hybridized carbons (Fsp3) is 0.120. The largest absolute Gasteiger partial charge is 0.358 e. The van der Waals surface area contributed by atoms with Crippen molar-refractivity contribution < 1.29 is 19.2 Å². The van der Waals surface area contributed by atoms with Crippen LogP contribution in [0.4, 0.5) is 0 Å². The highest BCUT2D eigenvalue weighted by molar-refractivity contribution is 6.41. The number of hydrogen-bond donors (Lipinski definition) is 2. The molecular weight excluding hydrogens is 392 g/mol. The van der Waals surface area contributed by atoms with E-state index in [0.717, 1.165) is 6.08 Å². The Morgan fingerprint density at radius 1 is 0.839 bits per heavy atom. The molecular formula is C25H18N2O4. The number of rotatable bonds is 4. The van der Waals surface area contributed by atoms with Crippen molar-refractivity contribution in [3.05, 3.63) is 106 Å². The van der Waals surface area contributed by atoms with E-state index in [2.05, 4.69) is 4.98 Å². The summed E-state index contributed by atoms with van der Waals surface area (Å²) in [6.07, 6.45) is 3.12. The standard InChI is InChI=1S/C25H18N2O4/c26-11-10-14-13-27-21-19(28)12-18(22(29)20(14)21)25(15-6-2-1-3-7-15)23(30)16-8-4-5-9-17(16)24(25)31/h1-9,12-13,27H,10-11,26H2. The van der Waals surface area contributed by atoms with E-state index in [-0.39, 0.29) is 34.5 Å². The number of nitrogens with two attached hydrogens (primary N) is 1. The van der Waals surface area contributed by atoms with Crippen LogP contribution in [0.25, 0.3) is 0 Å². The van der Waals surface area contributed by atoms with Crippen LogP contribution in [0.1, 0.15) is 52.7 Å². The summed E-state index contributed by atoms with van der Waals surface area (Å²) in [7, 11) is 0. The molecule has 0 fully saturated rings. The van der Waals surface area contributed by atoms with E-state index in [1.807, 2.05) is 0 Å². The second-order valence-electron chi connectivity index (χ2n) is 7.67. The van der Waals surface area contributed by atoms with Gasteiger partial charge in [0.15, 0.2) is 22.8 Å². The zero-order valence-corrected chi connectivity index (χ0v) is 16.5. The number of allylic oxidation sites excluding steroid dienone is 2. The van der Waals surface area contributed by atoms with Crippen LogP contribution in [0.15, 0.2) is 72.4 Å². The summed E-state index contributed by atoms with van der Waals surface area (Å²) in [5, 5.41) is 0. The van der Waals surface area contributed by atoms with Gasteiger partial charge in [-0.05, 0) is 30.2 Å². The van der Waals surface area contributed by atoms with Gasteiger partial charge in [-0.2, -0.15) is 0 Å². The predicted molar refractivity (Wildman–Crippen MR) is 114 cm³/mol. The molecule has 0 aliphatic heterocycles. The predicted octanol–water partition coefficient (Wildman–Crippen LogP) is 2.84. The molecule has 0 atom stereocenters. The molecule has 1 heterocycles. The first kappa shape index (κ1) is 19.1. The summed E-state index contributed by atoms with van der Waals surface area (Å²) in [5.74, 6) is -1.94. The van der Waals surface area contributed by atoms with Crippen molar-refractivity contribution >= 4 is 23.1 Å². The minimum Gasteiger partial charge on any atom is -0.358 e. The number of H-pyrrole nitrogens is 1. The van der Waals surface area contributed by atoms with Crippen LogP contribution in [-0.4, -0.2) is 34.7 Å². The first-order valence-electron chi connectivity index (χ1n) is 9.97. The normalized spacial score (nSPS) is 16.9. The Bertz CT molecular complexity index is 1280. The smallest absolute Gasteiger partial charge is 0.203 e. The lowest BCUT2D eigenvalue weighted by molar-refractivity contribution is 0.0797. The van der Waals surface area contributed by atoms with Crippen LogP contribution in [-0.2, 0) is 11.8 Å². The van der Waals surface area contributed by atoms with Gasteiger partial charge >= 0.3 is 0 Å². The molecule has 0 saturated heterocycles. The SMILES string of the molecule is NCCc1c[nH]c2c1C(=O)C(C1(c3ccccc3)C(=O)c3ccccc3C1=O)=CC2=O. The zero-order valence-electron chi connectivity index (χ0n) is 16.5. The van der Waals surface area contributed by atoms with Crippen molar-refractivity contribution in [3.63, 3.8) is 0 Å². The minimum atomic E-state index is -1.90. The lowest BCUT2D eigenvalue weighted by Gasteiger charge is -2.30. The summed E-state index contributed by atoms with van der Waals surface area (Å²) in [6, 6.07) is 15.0. The molecule has 2 aliphatic rings. The second-order valence-corrected chi connectivity index (χ2v) is 7.67. The highest BCUT2D eigenvalue weighted by Crippen LogP contribution is 2.47. The molecule has 1 aromatic heterocycles. The number of Topliss-reactive ketones (excluding diaryl/α,β-unsaturated/α-hetero) is 3. The quantitative estimate of drug-likeness (QED) is 0.643. The molecule has 0 bridgehead atoms. The molecule has 0 radical (unpaired) electrons. The molecule has 5 rings (SSSR count). The number of benzene rings is 2. The van der Waals surface area contributed by atoms with Gasteiger partial charge in [-0.3, -0.25) is 19.2 Å². The second kappa shape index (κ2) is 6.82. The highest BCUT2D eigenvalue weighted by Gasteiger charge is 2.59. The number of fused-ring (bicyclic) bond motifs is 2. The van der Waals surface area contributed by atoms with Crippen molar-refractivity contribution in [1.29, 1.82) is 0 Å². The van der Waals surface area contributed by atoms with E-state index in [1.54, 1.807) is 60.8 Å². The maximum atomic E-state index is 13.8. The molecule has 6 nitrogen and oxygen atoms in total. The van der Waals surface area contributed by atoms with E-state index in [0.29, 0.717) is 17.5 Å². The van der Waals surface area contributed by atoms with E-state index in [4.69, 9.17) is 5.73 Å². The number of aromatic amines is 1. The van der Waals surface area contributed by atoms with Crippen molar-refractivity contribution in [3.8, 4) is 0 Å². The maximum Gasteiger partial charge on any atom is 0.203 e. The van der Waals surface area contributed by atoms with Crippen LogP contribution in [0.3, 0.4) is 0 Å². The van der Waals surface area contributed by atoms with Gasteiger partial charge in [0.05, 0.1) is 11.3 Å². The summed E-state index contributed by atoms with van der Waals surface area (Å²) in [6.45, 7) is 0.290. The van der Waals surface area contributed by atoms with E-state index in [9.17, 15) is 19.2 Å². The Labute approximate surface area is 177 Å². The van der Waals surface area contributed by atoms with Crippen LogP contribution < -0.4 is 5.73 Å². The number of carbonyl (C=O) groups excluding carboxylic acids is 4. The highest BCUT2D eigenvalue weighted by atomic mass is 16.2. The number of carbonyl (C=O) groups is 4. The van der Waals surface area contributed by atoms with Gasteiger partial charge in [0.1, 0.15) is 0 Å². The zero-order chi connectivity index (χ0) is 21.8. The Kier molecular flexibility index (Phi) is 4.20. The molecule has 31 heavy (non-hydrogen) atoms. The van der Waals surface area contributed by atoms with Crippen molar-refractivity contribution in [2.24, 2.45) is 5.73 Å². The van der Waals surface area contributed by atoms with Gasteiger partial charge in [-0.15, -0.1) is 0 Å². The lowest BCUT2D eigenvalue weighted by atomic mass is 9.66. The summed E-state index contributed by atoms with van der Waals surface area (Å²) in [5.41, 5.74) is 5.49. The van der Waals surface area contributed by atoms with Crippen LogP contribution >= 0.6 is 0 Å². The van der Waals surface area contributed by atoms with Crippen LogP contribution in [0.5, 0.6) is 0 Å². The number of nitrogens with one attached hydrogen (secondary N) is 1. The van der Waals surface area contributed by atoms with E-state index >= 15 is 0 Å². The fourth-order valence-electron chi connectivity index (χ4n) is 4.69. The number of aromatic nitrogens is 1. The van der Waals surface area contributed by atoms with Crippen molar-refractivity contribution in [2.45, 2.75) is 11.8 Å². The third-order valence-corrected chi connectivity index (χ3v) is 6.08. The molecule has 2 aromatic carbocycles. The van der Waals surface area contributed by atoms with Crippen LogP contribution in [0.2, 0.25) is 0 Å². The maximum absolute atomic E-state index is 13.8. The van der Waals surface area contributed by atoms with Gasteiger partial charge in [-0.25, -0.2) is 0 Å². The number of hydrogen-bond acceptors (Lipinski definition) is 5. The first-order valence-corrected chi connectivity index (χ1v) is 9.97. The molecule has 0 saturated carbocycles. The molecule has 0 spiro atoms. The monoisotopic (exact) mass is 410 g/mol. The van der Waals surface area contributed by atoms with Gasteiger partial charge in [0.2, 0.25) is 5.78 Å². The Morgan fingerprint density at radius 3 is 2.06 bits per heavy atom. The van der Waals surface area contributed by atoms with E-state index in [1.165, 1.54) is 0 Å². The van der Waals surface area contributed by atoms with E-state index < -0.39 is 28.5 Å². The average Bonchev–Trinajstić information content (AvgIpc) is 3.31. The molecule has 3 aromatic rings. The Balaban J connectivity index is 1.80. The fourth-order valence-corrected chi connectivity index (χ4v) is 4.69. The first-order chi connectivity index (χ1) is 15.0. The molecule has 2 aliphatic carbocycles. The topological polar surface area (TPSA) is 110 Å². The lowest BCUT2D eigenvalue weighted by Crippen LogP contribution is -2.44. The van der Waals surface area contributed by atoms with Gasteiger partial charge < -0.3 is 10.7 Å². The molecule has 6 heteroatoms. The molecule has 0 amide bonds. The average molecular weight is 410 g/mol. The van der Waals surface area contributed by atoms with Crippen molar-refractivity contribution in [1.82, 2.24) is 4.98 Å². The summed E-state index contributed by atoms with van der Waals surface area (Å²) >= 11 is 0. The third kappa shape index (κ3) is 2.42. The van der Waals surface area contributed by atoms with Gasteiger partial charge in [0.25, 0.3) is 0 Å². The molecule has 152 valence electrons. The Hall–Kier alpha value is -3.90. The molecule has 0 unspecified atom stereocenters. The molecule has 3 N–H and O–H groups in total. The van der Waals surface area contributed by atoms with Crippen molar-refractivity contribution in [2.75, 3.05) is 6.54 Å². The Morgan fingerprint density at radius 2 is 1.45 bits per heavy atom. The third-order valence-electron chi connectivity index (χ3n) is 6.08. The summed E-state index contributed by atoms with van der Waals surface area (Å²) in [4.78, 5) is 57.1. The number of ketones is 4. The van der Waals surface area contributed by atoms with Crippen LogP contribution in [0, 0.1) is 0 Å². The summed E-state index contributed by atoms with van der Waals surface area (Å²) < 4.78 is 0. The van der Waals surface area contributed by atoms with Gasteiger partial charge in [0, 0.05) is 22.9 Å².